The topological polar surface area (TPSA) is 38.8 Å². The van der Waals surface area contributed by atoms with E-state index in [1.54, 1.807) is 4.90 Å². The van der Waals surface area contributed by atoms with Crippen LogP contribution in [0.1, 0.15) is 44.4 Å². The van der Waals surface area contributed by atoms with Crippen molar-refractivity contribution in [2.24, 2.45) is 5.92 Å². The summed E-state index contributed by atoms with van der Waals surface area (Å²) in [5.41, 5.74) is -0.577. The van der Waals surface area contributed by atoms with Crippen LogP contribution in [0.15, 0.2) is 36.4 Å². The Kier molecular flexibility index (Phi) is 6.57. The molecule has 1 saturated heterocycles. The number of amides is 1. The van der Waals surface area contributed by atoms with Crippen LogP contribution in [0.2, 0.25) is 0 Å². The number of hydrogen-bond donors (Lipinski definition) is 0. The molecule has 1 aliphatic heterocycles. The summed E-state index contributed by atoms with van der Waals surface area (Å²) in [6.45, 7) is 6.64. The quantitative estimate of drug-likeness (QED) is 0.668. The van der Waals surface area contributed by atoms with Gasteiger partial charge in [0, 0.05) is 20.2 Å². The number of rotatable bonds is 4. The Hall–Kier alpha value is -2.02. The molecule has 0 saturated carbocycles. The number of nitrogens with zero attached hydrogens (tertiary/aromatic N) is 1. The number of halogens is 3. The molecule has 0 aliphatic carbocycles. The lowest BCUT2D eigenvalue weighted by molar-refractivity contribution is -0.137. The van der Waals surface area contributed by atoms with Gasteiger partial charge in [-0.2, -0.15) is 13.2 Å². The van der Waals surface area contributed by atoms with Gasteiger partial charge in [-0.25, -0.2) is 4.79 Å². The van der Waals surface area contributed by atoms with E-state index >= 15 is 0 Å². The van der Waals surface area contributed by atoms with Crippen LogP contribution in [-0.2, 0) is 15.7 Å². The van der Waals surface area contributed by atoms with Gasteiger partial charge in [0.15, 0.2) is 0 Å². The second-order valence-electron chi connectivity index (χ2n) is 7.64. The molecule has 2 atom stereocenters. The molecule has 1 heterocycles. The van der Waals surface area contributed by atoms with Gasteiger partial charge in [0.2, 0.25) is 0 Å². The van der Waals surface area contributed by atoms with E-state index in [1.807, 2.05) is 32.9 Å². The first kappa shape index (κ1) is 21.3. The Balaban J connectivity index is 1.97. The van der Waals surface area contributed by atoms with Gasteiger partial charge in [-0.3, -0.25) is 0 Å². The third-order valence-corrected chi connectivity index (χ3v) is 4.25. The van der Waals surface area contributed by atoms with Gasteiger partial charge in [0.1, 0.15) is 11.7 Å². The first-order valence-corrected chi connectivity index (χ1v) is 8.86. The van der Waals surface area contributed by atoms with Crippen molar-refractivity contribution >= 4 is 6.09 Å². The molecule has 1 aromatic carbocycles. The average Bonchev–Trinajstić information content (AvgIpc) is 3.03. The van der Waals surface area contributed by atoms with Crippen molar-refractivity contribution in [1.82, 2.24) is 4.90 Å². The van der Waals surface area contributed by atoms with Crippen LogP contribution in [0.3, 0.4) is 0 Å². The summed E-state index contributed by atoms with van der Waals surface area (Å²) >= 11 is 0. The van der Waals surface area contributed by atoms with Crippen LogP contribution < -0.4 is 0 Å². The van der Waals surface area contributed by atoms with Crippen molar-refractivity contribution in [1.29, 1.82) is 0 Å². The number of likely N-dealkylation sites (tertiary alicyclic amines) is 1. The highest BCUT2D eigenvalue weighted by Gasteiger charge is 2.30. The summed E-state index contributed by atoms with van der Waals surface area (Å²) in [6, 6.07) is 4.94. The van der Waals surface area contributed by atoms with Gasteiger partial charge in [-0.05, 0) is 50.8 Å². The minimum absolute atomic E-state index is 0.157. The Morgan fingerprint density at radius 3 is 2.37 bits per heavy atom. The predicted octanol–water partition coefficient (Wildman–Crippen LogP) is 5.21. The van der Waals surface area contributed by atoms with E-state index in [4.69, 9.17) is 9.47 Å². The number of ether oxygens (including phenoxy) is 2. The molecule has 150 valence electrons. The molecule has 0 aromatic heterocycles. The van der Waals surface area contributed by atoms with Crippen LogP contribution >= 0.6 is 0 Å². The standard InChI is InChI=1S/C20H26F3NO3/c1-19(2,3)27-18(25)24-12-11-14(13-24)5-10-17(26-4)15-6-8-16(9-7-15)20(21,22)23/h5-10,14,17H,11-13H2,1-4H3/b10-5-. The van der Waals surface area contributed by atoms with Crippen molar-refractivity contribution in [3.63, 3.8) is 0 Å². The molecular formula is C20H26F3NO3. The van der Waals surface area contributed by atoms with Crippen molar-refractivity contribution in [2.45, 2.75) is 45.1 Å². The van der Waals surface area contributed by atoms with Crippen molar-refractivity contribution in [3.05, 3.63) is 47.5 Å². The first-order chi connectivity index (χ1) is 12.5. The summed E-state index contributed by atoms with van der Waals surface area (Å²) in [4.78, 5) is 13.8. The van der Waals surface area contributed by atoms with E-state index in [-0.39, 0.29) is 12.0 Å². The smallest absolute Gasteiger partial charge is 0.416 e. The summed E-state index contributed by atoms with van der Waals surface area (Å²) in [5.74, 6) is 0.157. The fourth-order valence-corrected chi connectivity index (χ4v) is 2.88. The third kappa shape index (κ3) is 6.27. The Bertz CT molecular complexity index is 663. The summed E-state index contributed by atoms with van der Waals surface area (Å²) in [6.07, 6.45) is -0.542. The van der Waals surface area contributed by atoms with E-state index in [2.05, 4.69) is 0 Å². The van der Waals surface area contributed by atoms with Crippen molar-refractivity contribution < 1.29 is 27.4 Å². The SMILES string of the molecule is COC(/C=C\C1CCN(C(=O)OC(C)(C)C)C1)c1ccc(C(F)(F)F)cc1. The molecular weight excluding hydrogens is 359 g/mol. The van der Waals surface area contributed by atoms with Gasteiger partial charge >= 0.3 is 12.3 Å². The maximum Gasteiger partial charge on any atom is 0.416 e. The minimum atomic E-state index is -4.36. The van der Waals surface area contributed by atoms with Gasteiger partial charge in [0.25, 0.3) is 0 Å². The molecule has 1 amide bonds. The highest BCUT2D eigenvalue weighted by atomic mass is 19.4. The van der Waals surface area contributed by atoms with Crippen molar-refractivity contribution in [3.8, 4) is 0 Å². The average molecular weight is 385 g/mol. The summed E-state index contributed by atoms with van der Waals surface area (Å²) < 4.78 is 48.8. The van der Waals surface area contributed by atoms with Crippen LogP contribution in [0.5, 0.6) is 0 Å². The zero-order valence-electron chi connectivity index (χ0n) is 16.0. The van der Waals surface area contributed by atoms with Crippen LogP contribution in [-0.4, -0.2) is 36.8 Å². The van der Waals surface area contributed by atoms with E-state index in [0.717, 1.165) is 18.6 Å². The minimum Gasteiger partial charge on any atom is -0.444 e. The zero-order chi connectivity index (χ0) is 20.2. The van der Waals surface area contributed by atoms with Gasteiger partial charge in [-0.1, -0.05) is 24.3 Å². The van der Waals surface area contributed by atoms with E-state index in [1.165, 1.54) is 19.2 Å². The normalized spacial score (nSPS) is 19.5. The molecule has 0 spiro atoms. The third-order valence-electron chi connectivity index (χ3n) is 4.25. The molecule has 1 fully saturated rings. The summed E-state index contributed by atoms with van der Waals surface area (Å²) in [5, 5.41) is 0. The summed E-state index contributed by atoms with van der Waals surface area (Å²) in [7, 11) is 1.51. The number of benzene rings is 1. The fraction of sp³-hybridized carbons (Fsp3) is 0.550. The van der Waals surface area contributed by atoms with Crippen LogP contribution in [0, 0.1) is 5.92 Å². The molecule has 2 unspecified atom stereocenters. The maximum atomic E-state index is 12.7. The molecule has 1 aromatic rings. The van der Waals surface area contributed by atoms with Crippen LogP contribution in [0.4, 0.5) is 18.0 Å². The van der Waals surface area contributed by atoms with Crippen LogP contribution in [0.25, 0.3) is 0 Å². The zero-order valence-corrected chi connectivity index (χ0v) is 16.0. The van der Waals surface area contributed by atoms with Gasteiger partial charge < -0.3 is 14.4 Å². The second-order valence-corrected chi connectivity index (χ2v) is 7.64. The highest BCUT2D eigenvalue weighted by Crippen LogP contribution is 2.31. The molecule has 27 heavy (non-hydrogen) atoms. The van der Waals surface area contributed by atoms with E-state index in [9.17, 15) is 18.0 Å². The molecule has 7 heteroatoms. The van der Waals surface area contributed by atoms with Gasteiger partial charge in [0.05, 0.1) is 5.56 Å². The Labute approximate surface area is 157 Å². The van der Waals surface area contributed by atoms with E-state index < -0.39 is 23.4 Å². The highest BCUT2D eigenvalue weighted by molar-refractivity contribution is 5.68. The first-order valence-electron chi connectivity index (χ1n) is 8.86. The second kappa shape index (κ2) is 8.33. The molecule has 1 aliphatic rings. The molecule has 0 N–H and O–H groups in total. The monoisotopic (exact) mass is 385 g/mol. The number of carbonyl (C=O) groups is 1. The largest absolute Gasteiger partial charge is 0.444 e. The molecule has 2 rings (SSSR count). The molecule has 0 radical (unpaired) electrons. The lowest BCUT2D eigenvalue weighted by Crippen LogP contribution is -2.35. The number of hydrogen-bond acceptors (Lipinski definition) is 3. The van der Waals surface area contributed by atoms with Gasteiger partial charge in [-0.15, -0.1) is 0 Å². The molecule has 0 bridgehead atoms. The lowest BCUT2D eigenvalue weighted by Gasteiger charge is -2.24. The fourth-order valence-electron chi connectivity index (χ4n) is 2.88. The Morgan fingerprint density at radius 1 is 1.22 bits per heavy atom. The number of methoxy groups -OCH3 is 1. The van der Waals surface area contributed by atoms with Crippen molar-refractivity contribution in [2.75, 3.05) is 20.2 Å². The van der Waals surface area contributed by atoms with E-state index in [0.29, 0.717) is 18.7 Å². The number of alkyl halides is 3. The number of carbonyl (C=O) groups excluding carboxylic acids is 1. The molecule has 4 nitrogen and oxygen atoms in total. The maximum absolute atomic E-state index is 12.7. The predicted molar refractivity (Wildman–Crippen MR) is 96.2 cm³/mol. The Morgan fingerprint density at radius 2 is 1.85 bits per heavy atom. The lowest BCUT2D eigenvalue weighted by atomic mass is 10.0.